The Kier molecular flexibility index (Phi) is 4.78. The number of aromatic nitrogens is 6. The molecule has 3 aromatic carbocycles. The van der Waals surface area contributed by atoms with Crippen molar-refractivity contribution >= 4 is 23.2 Å². The smallest absolute Gasteiger partial charge is 0.190 e. The lowest BCUT2D eigenvalue weighted by atomic mass is 10.1. The molecule has 2 heterocycles. The van der Waals surface area contributed by atoms with E-state index in [-0.39, 0.29) is 0 Å². The molecule has 5 aromatic rings. The predicted octanol–water partition coefficient (Wildman–Crippen LogP) is 5.49. The van der Waals surface area contributed by atoms with Gasteiger partial charge in [0.1, 0.15) is 0 Å². The second kappa shape index (κ2) is 7.74. The summed E-state index contributed by atoms with van der Waals surface area (Å²) in [6.07, 6.45) is 1.77. The largest absolute Gasteiger partial charge is 0.232 e. The van der Waals surface area contributed by atoms with Crippen LogP contribution in [0.25, 0.3) is 34.0 Å². The Morgan fingerprint density at radius 1 is 0.667 bits per heavy atom. The van der Waals surface area contributed by atoms with Gasteiger partial charge in [-0.05, 0) is 59.0 Å². The van der Waals surface area contributed by atoms with Crippen molar-refractivity contribution in [2.75, 3.05) is 0 Å². The van der Waals surface area contributed by atoms with Crippen molar-refractivity contribution in [1.82, 2.24) is 30.0 Å². The molecule has 0 saturated carbocycles. The number of halogens is 2. The number of tetrazole rings is 1. The fourth-order valence-corrected chi connectivity index (χ4v) is 3.53. The molecule has 0 aliphatic rings. The molecule has 0 N–H and O–H groups in total. The normalized spacial score (nSPS) is 11.0. The molecule has 0 atom stereocenters. The van der Waals surface area contributed by atoms with Crippen molar-refractivity contribution in [2.24, 2.45) is 0 Å². The first-order valence-corrected chi connectivity index (χ1v) is 9.90. The molecular formula is C22H14Cl2N6. The van der Waals surface area contributed by atoms with Crippen molar-refractivity contribution < 1.29 is 0 Å². The minimum absolute atomic E-state index is 0.589. The van der Waals surface area contributed by atoms with Gasteiger partial charge in [0.2, 0.25) is 0 Å². The van der Waals surface area contributed by atoms with Gasteiger partial charge >= 0.3 is 0 Å². The summed E-state index contributed by atoms with van der Waals surface area (Å²) in [6, 6.07) is 24.8. The minimum Gasteiger partial charge on any atom is -0.232 e. The van der Waals surface area contributed by atoms with E-state index in [1.807, 2.05) is 83.5 Å². The summed E-state index contributed by atoms with van der Waals surface area (Å²) in [5.41, 5.74) is 4.31. The summed E-state index contributed by atoms with van der Waals surface area (Å²) >= 11 is 12.2. The SMILES string of the molecule is Clc1ccc(-c2c(-c3nnnn3-c3ccccc3)cnn2-c2ccc(Cl)cc2)cc1. The molecule has 2 aromatic heterocycles. The number of benzene rings is 3. The Morgan fingerprint density at radius 2 is 1.30 bits per heavy atom. The van der Waals surface area contributed by atoms with E-state index in [0.717, 1.165) is 28.2 Å². The van der Waals surface area contributed by atoms with Crippen LogP contribution in [-0.2, 0) is 0 Å². The minimum atomic E-state index is 0.589. The summed E-state index contributed by atoms with van der Waals surface area (Å²) in [7, 11) is 0. The summed E-state index contributed by atoms with van der Waals surface area (Å²) in [5, 5.41) is 18.3. The van der Waals surface area contributed by atoms with Crippen LogP contribution < -0.4 is 0 Å². The predicted molar refractivity (Wildman–Crippen MR) is 117 cm³/mol. The van der Waals surface area contributed by atoms with Gasteiger partial charge in [-0.3, -0.25) is 0 Å². The molecule has 6 nitrogen and oxygen atoms in total. The van der Waals surface area contributed by atoms with Gasteiger partial charge in [0, 0.05) is 15.6 Å². The van der Waals surface area contributed by atoms with Crippen LogP contribution in [0.5, 0.6) is 0 Å². The molecule has 0 radical (unpaired) electrons. The van der Waals surface area contributed by atoms with E-state index in [0.29, 0.717) is 15.9 Å². The van der Waals surface area contributed by atoms with Gasteiger partial charge in [-0.2, -0.15) is 9.78 Å². The fraction of sp³-hybridized carbons (Fsp3) is 0. The Labute approximate surface area is 182 Å². The van der Waals surface area contributed by atoms with Crippen LogP contribution in [-0.4, -0.2) is 30.0 Å². The van der Waals surface area contributed by atoms with Crippen LogP contribution in [0.1, 0.15) is 0 Å². The van der Waals surface area contributed by atoms with Gasteiger partial charge in [-0.15, -0.1) is 5.10 Å². The van der Waals surface area contributed by atoms with E-state index < -0.39 is 0 Å². The first kappa shape index (κ1) is 18.5. The van der Waals surface area contributed by atoms with E-state index in [9.17, 15) is 0 Å². The standard InChI is InChI=1S/C22H14Cl2N6/c23-16-8-6-15(7-9-16)21-20(14-25-29(21)19-12-10-17(24)11-13-19)22-26-27-28-30(22)18-4-2-1-3-5-18/h1-14H. The molecule has 0 saturated heterocycles. The van der Waals surface area contributed by atoms with E-state index in [4.69, 9.17) is 23.2 Å². The van der Waals surface area contributed by atoms with E-state index in [1.165, 1.54) is 0 Å². The summed E-state index contributed by atoms with van der Waals surface area (Å²) < 4.78 is 3.54. The van der Waals surface area contributed by atoms with Crippen LogP contribution in [0.2, 0.25) is 10.0 Å². The maximum atomic E-state index is 6.12. The first-order valence-electron chi connectivity index (χ1n) is 9.15. The van der Waals surface area contributed by atoms with Crippen LogP contribution in [0, 0.1) is 0 Å². The highest BCUT2D eigenvalue weighted by molar-refractivity contribution is 6.30. The number of hydrogen-bond acceptors (Lipinski definition) is 4. The van der Waals surface area contributed by atoms with Crippen molar-refractivity contribution in [3.63, 3.8) is 0 Å². The molecule has 0 amide bonds. The topological polar surface area (TPSA) is 61.4 Å². The number of para-hydroxylation sites is 1. The zero-order valence-electron chi connectivity index (χ0n) is 15.5. The van der Waals surface area contributed by atoms with Crippen LogP contribution in [0.15, 0.2) is 85.1 Å². The second-order valence-corrected chi connectivity index (χ2v) is 7.42. The third kappa shape index (κ3) is 3.36. The summed E-state index contributed by atoms with van der Waals surface area (Å²) in [5.74, 6) is 0.589. The van der Waals surface area contributed by atoms with Crippen molar-refractivity contribution in [1.29, 1.82) is 0 Å². The molecule has 146 valence electrons. The molecule has 30 heavy (non-hydrogen) atoms. The van der Waals surface area contributed by atoms with Crippen molar-refractivity contribution in [2.45, 2.75) is 0 Å². The quantitative estimate of drug-likeness (QED) is 0.376. The molecule has 5 rings (SSSR count). The number of nitrogens with zero attached hydrogens (tertiary/aromatic N) is 6. The molecule has 8 heteroatoms. The molecule has 0 spiro atoms. The van der Waals surface area contributed by atoms with E-state index in [2.05, 4.69) is 20.6 Å². The summed E-state index contributed by atoms with van der Waals surface area (Å²) in [6.45, 7) is 0. The van der Waals surface area contributed by atoms with Gasteiger partial charge < -0.3 is 0 Å². The molecule has 0 unspecified atom stereocenters. The lowest BCUT2D eigenvalue weighted by Crippen LogP contribution is -2.02. The molecular weight excluding hydrogens is 419 g/mol. The highest BCUT2D eigenvalue weighted by Gasteiger charge is 2.21. The Balaban J connectivity index is 1.73. The van der Waals surface area contributed by atoms with Gasteiger partial charge in [-0.1, -0.05) is 53.5 Å². The summed E-state index contributed by atoms with van der Waals surface area (Å²) in [4.78, 5) is 0. The molecule has 0 bridgehead atoms. The Bertz CT molecular complexity index is 1290. The molecule has 0 aliphatic heterocycles. The Morgan fingerprint density at radius 3 is 2.00 bits per heavy atom. The third-order valence-corrected chi connectivity index (χ3v) is 5.17. The lowest BCUT2D eigenvalue weighted by molar-refractivity contribution is 0.791. The highest BCUT2D eigenvalue weighted by atomic mass is 35.5. The van der Waals surface area contributed by atoms with Gasteiger partial charge in [0.05, 0.1) is 28.8 Å². The third-order valence-electron chi connectivity index (χ3n) is 4.67. The molecule has 0 aliphatic carbocycles. The highest BCUT2D eigenvalue weighted by Crippen LogP contribution is 2.34. The van der Waals surface area contributed by atoms with Crippen LogP contribution in [0.4, 0.5) is 0 Å². The van der Waals surface area contributed by atoms with E-state index in [1.54, 1.807) is 10.9 Å². The van der Waals surface area contributed by atoms with Crippen LogP contribution >= 0.6 is 23.2 Å². The average Bonchev–Trinajstić information content (AvgIpc) is 3.43. The molecule has 0 fully saturated rings. The lowest BCUT2D eigenvalue weighted by Gasteiger charge is -2.11. The fourth-order valence-electron chi connectivity index (χ4n) is 3.27. The number of rotatable bonds is 4. The maximum Gasteiger partial charge on any atom is 0.190 e. The van der Waals surface area contributed by atoms with E-state index >= 15 is 0 Å². The maximum absolute atomic E-state index is 6.12. The monoisotopic (exact) mass is 432 g/mol. The first-order chi connectivity index (χ1) is 14.7. The van der Waals surface area contributed by atoms with Gasteiger partial charge in [-0.25, -0.2) is 4.68 Å². The van der Waals surface area contributed by atoms with Crippen LogP contribution in [0.3, 0.4) is 0 Å². The van der Waals surface area contributed by atoms with Crippen molar-refractivity contribution in [3.8, 4) is 34.0 Å². The second-order valence-electron chi connectivity index (χ2n) is 6.55. The average molecular weight is 433 g/mol. The number of hydrogen-bond donors (Lipinski definition) is 0. The van der Waals surface area contributed by atoms with Gasteiger partial charge in [0.25, 0.3) is 0 Å². The zero-order valence-corrected chi connectivity index (χ0v) is 17.0. The Hall–Kier alpha value is -3.48. The van der Waals surface area contributed by atoms with Gasteiger partial charge in [0.15, 0.2) is 5.82 Å². The zero-order chi connectivity index (χ0) is 20.5. The van der Waals surface area contributed by atoms with Crippen molar-refractivity contribution in [3.05, 3.63) is 95.1 Å².